The van der Waals surface area contributed by atoms with Gasteiger partial charge in [-0.25, -0.2) is 0 Å². The zero-order valence-corrected chi connectivity index (χ0v) is 16.1. The second-order valence-corrected chi connectivity index (χ2v) is 7.36. The van der Waals surface area contributed by atoms with Crippen LogP contribution < -0.4 is 5.32 Å². The molecule has 0 spiro atoms. The summed E-state index contributed by atoms with van der Waals surface area (Å²) < 4.78 is 46.2. The van der Waals surface area contributed by atoms with Crippen molar-refractivity contribution in [3.05, 3.63) is 47.9 Å². The molecule has 1 atom stereocenters. The molecule has 148 valence electrons. The third kappa shape index (κ3) is 4.06. The SMILES string of the molecule is Cc1occc1-c1nnc(S[C@H](C)C(=O)Nc2ccccc2C(F)(F)F)n1C. The van der Waals surface area contributed by atoms with Crippen molar-refractivity contribution in [2.24, 2.45) is 7.05 Å². The maximum atomic E-state index is 13.1. The molecule has 0 aliphatic carbocycles. The van der Waals surface area contributed by atoms with Gasteiger partial charge in [-0.2, -0.15) is 13.2 Å². The summed E-state index contributed by atoms with van der Waals surface area (Å²) in [6, 6.07) is 6.62. The normalized spacial score (nSPS) is 12.8. The summed E-state index contributed by atoms with van der Waals surface area (Å²) in [6.45, 7) is 3.39. The van der Waals surface area contributed by atoms with E-state index in [1.165, 1.54) is 18.2 Å². The van der Waals surface area contributed by atoms with Gasteiger partial charge in [0.2, 0.25) is 5.91 Å². The first-order valence-electron chi connectivity index (χ1n) is 8.26. The monoisotopic (exact) mass is 410 g/mol. The summed E-state index contributed by atoms with van der Waals surface area (Å²) in [5, 5.41) is 10.3. The first-order valence-corrected chi connectivity index (χ1v) is 9.14. The third-order valence-electron chi connectivity index (χ3n) is 4.08. The predicted octanol–water partition coefficient (Wildman–Crippen LogP) is 4.52. The number of anilines is 1. The summed E-state index contributed by atoms with van der Waals surface area (Å²) in [6.07, 6.45) is -3.01. The van der Waals surface area contributed by atoms with Crippen LogP contribution in [0.1, 0.15) is 18.2 Å². The van der Waals surface area contributed by atoms with Crippen molar-refractivity contribution in [1.82, 2.24) is 14.8 Å². The lowest BCUT2D eigenvalue weighted by Gasteiger charge is -2.16. The molecule has 28 heavy (non-hydrogen) atoms. The molecular formula is C18H17F3N4O2S. The van der Waals surface area contributed by atoms with Gasteiger partial charge in [0.05, 0.1) is 28.3 Å². The van der Waals surface area contributed by atoms with E-state index >= 15 is 0 Å². The summed E-state index contributed by atoms with van der Waals surface area (Å²) in [5.74, 6) is 0.691. The van der Waals surface area contributed by atoms with Gasteiger partial charge in [0.1, 0.15) is 5.76 Å². The van der Waals surface area contributed by atoms with Crippen LogP contribution >= 0.6 is 11.8 Å². The number of rotatable bonds is 5. The van der Waals surface area contributed by atoms with Crippen LogP contribution in [0.2, 0.25) is 0 Å². The molecule has 6 nitrogen and oxygen atoms in total. The van der Waals surface area contributed by atoms with Crippen LogP contribution in [0.3, 0.4) is 0 Å². The number of hydrogen-bond donors (Lipinski definition) is 1. The molecule has 0 aliphatic rings. The van der Waals surface area contributed by atoms with Crippen molar-refractivity contribution >= 4 is 23.4 Å². The molecule has 2 heterocycles. The molecule has 0 radical (unpaired) electrons. The number of amides is 1. The molecule has 3 rings (SSSR count). The van der Waals surface area contributed by atoms with Crippen LogP contribution in [-0.2, 0) is 18.0 Å². The molecule has 2 aromatic heterocycles. The number of nitrogens with one attached hydrogen (secondary N) is 1. The zero-order valence-electron chi connectivity index (χ0n) is 15.2. The molecule has 0 aliphatic heterocycles. The van der Waals surface area contributed by atoms with Crippen LogP contribution in [0.5, 0.6) is 0 Å². The molecule has 0 bridgehead atoms. The van der Waals surface area contributed by atoms with Crippen LogP contribution in [-0.4, -0.2) is 25.9 Å². The topological polar surface area (TPSA) is 72.9 Å². The van der Waals surface area contributed by atoms with Gasteiger partial charge in [-0.1, -0.05) is 23.9 Å². The van der Waals surface area contributed by atoms with Crippen molar-refractivity contribution in [2.45, 2.75) is 30.4 Å². The molecule has 0 saturated carbocycles. The predicted molar refractivity (Wildman–Crippen MR) is 98.8 cm³/mol. The van der Waals surface area contributed by atoms with E-state index in [0.29, 0.717) is 16.7 Å². The zero-order chi connectivity index (χ0) is 20.5. The van der Waals surface area contributed by atoms with E-state index < -0.39 is 22.9 Å². The smallest absolute Gasteiger partial charge is 0.418 e. The minimum atomic E-state index is -4.55. The first kappa shape index (κ1) is 20.0. The van der Waals surface area contributed by atoms with Crippen LogP contribution in [0.15, 0.2) is 46.2 Å². The number of carbonyl (C=O) groups is 1. The third-order valence-corrected chi connectivity index (χ3v) is 5.21. The highest BCUT2D eigenvalue weighted by atomic mass is 32.2. The van der Waals surface area contributed by atoms with E-state index in [9.17, 15) is 18.0 Å². The van der Waals surface area contributed by atoms with Crippen molar-refractivity contribution in [1.29, 1.82) is 0 Å². The summed E-state index contributed by atoms with van der Waals surface area (Å²) in [4.78, 5) is 12.4. The largest absolute Gasteiger partial charge is 0.469 e. The molecule has 10 heteroatoms. The average Bonchev–Trinajstić information content (AvgIpc) is 3.20. The van der Waals surface area contributed by atoms with Gasteiger partial charge >= 0.3 is 6.18 Å². The summed E-state index contributed by atoms with van der Waals surface area (Å²) in [5.41, 5.74) is -0.393. The average molecular weight is 410 g/mol. The molecule has 1 N–H and O–H groups in total. The highest BCUT2D eigenvalue weighted by Crippen LogP contribution is 2.35. The second-order valence-electron chi connectivity index (χ2n) is 6.05. The Morgan fingerprint density at radius 2 is 1.96 bits per heavy atom. The lowest BCUT2D eigenvalue weighted by Crippen LogP contribution is -2.24. The second kappa shape index (κ2) is 7.70. The fraction of sp³-hybridized carbons (Fsp3) is 0.278. The number of aromatic nitrogens is 3. The molecule has 0 saturated heterocycles. The van der Waals surface area contributed by atoms with Gasteiger partial charge in [-0.3, -0.25) is 4.79 Å². The first-order chi connectivity index (χ1) is 13.2. The number of thioether (sulfide) groups is 1. The van der Waals surface area contributed by atoms with E-state index in [-0.39, 0.29) is 5.69 Å². The van der Waals surface area contributed by atoms with Crippen molar-refractivity contribution in [3.63, 3.8) is 0 Å². The number of carbonyl (C=O) groups excluding carboxylic acids is 1. The van der Waals surface area contributed by atoms with E-state index in [1.807, 2.05) is 0 Å². The lowest BCUT2D eigenvalue weighted by atomic mass is 10.1. The van der Waals surface area contributed by atoms with Gasteiger partial charge in [0.25, 0.3) is 0 Å². The van der Waals surface area contributed by atoms with Gasteiger partial charge in [0, 0.05) is 7.05 Å². The number of hydrogen-bond acceptors (Lipinski definition) is 5. The molecule has 3 aromatic rings. The number of benzene rings is 1. The fourth-order valence-corrected chi connectivity index (χ4v) is 3.37. The fourth-order valence-electron chi connectivity index (χ4n) is 2.55. The Bertz CT molecular complexity index is 997. The lowest BCUT2D eigenvalue weighted by molar-refractivity contribution is -0.137. The number of nitrogens with zero attached hydrogens (tertiary/aromatic N) is 3. The number of aryl methyl sites for hydroxylation is 1. The van der Waals surface area contributed by atoms with Crippen LogP contribution in [0.25, 0.3) is 11.4 Å². The van der Waals surface area contributed by atoms with Crippen molar-refractivity contribution in [2.75, 3.05) is 5.32 Å². The Morgan fingerprint density at radius 1 is 1.25 bits per heavy atom. The van der Waals surface area contributed by atoms with Gasteiger partial charge in [-0.05, 0) is 32.0 Å². The Labute approximate surface area is 163 Å². The van der Waals surface area contributed by atoms with Crippen molar-refractivity contribution < 1.29 is 22.4 Å². The molecule has 1 amide bonds. The van der Waals surface area contributed by atoms with Crippen LogP contribution in [0.4, 0.5) is 18.9 Å². The van der Waals surface area contributed by atoms with Crippen LogP contribution in [0, 0.1) is 6.92 Å². The van der Waals surface area contributed by atoms with E-state index in [2.05, 4.69) is 15.5 Å². The van der Waals surface area contributed by atoms with Crippen molar-refractivity contribution in [3.8, 4) is 11.4 Å². The highest BCUT2D eigenvalue weighted by molar-refractivity contribution is 8.00. The minimum absolute atomic E-state index is 0.278. The van der Waals surface area contributed by atoms with E-state index in [0.717, 1.165) is 23.4 Å². The Kier molecular flexibility index (Phi) is 5.50. The Morgan fingerprint density at radius 3 is 2.61 bits per heavy atom. The number of para-hydroxylation sites is 1. The molecule has 0 unspecified atom stereocenters. The number of furan rings is 1. The Hall–Kier alpha value is -2.75. The van der Waals surface area contributed by atoms with Gasteiger partial charge < -0.3 is 14.3 Å². The Balaban J connectivity index is 1.74. The highest BCUT2D eigenvalue weighted by Gasteiger charge is 2.34. The molecule has 0 fully saturated rings. The van der Waals surface area contributed by atoms with E-state index in [1.54, 1.807) is 37.8 Å². The summed E-state index contributed by atoms with van der Waals surface area (Å²) in [7, 11) is 1.74. The van der Waals surface area contributed by atoms with Gasteiger partial charge in [-0.15, -0.1) is 10.2 Å². The van der Waals surface area contributed by atoms with E-state index in [4.69, 9.17) is 4.42 Å². The minimum Gasteiger partial charge on any atom is -0.469 e. The number of halogens is 3. The molecular weight excluding hydrogens is 393 g/mol. The quantitative estimate of drug-likeness (QED) is 0.626. The number of alkyl halides is 3. The standard InChI is InChI=1S/C18H17F3N4O2S/c1-10-12(8-9-27-10)15-23-24-17(25(15)3)28-11(2)16(26)22-14-7-5-4-6-13(14)18(19,20)21/h4-9,11H,1-3H3,(H,22,26)/t11-/m1/s1. The molecule has 1 aromatic carbocycles. The maximum absolute atomic E-state index is 13.1. The maximum Gasteiger partial charge on any atom is 0.418 e. The summed E-state index contributed by atoms with van der Waals surface area (Å²) >= 11 is 1.10. The van der Waals surface area contributed by atoms with Gasteiger partial charge in [0.15, 0.2) is 11.0 Å².